The van der Waals surface area contributed by atoms with Crippen LogP contribution in [0.5, 0.6) is 5.75 Å². The van der Waals surface area contributed by atoms with E-state index in [1.807, 2.05) is 17.0 Å². The lowest BCUT2D eigenvalue weighted by atomic mass is 10.0. The zero-order valence-electron chi connectivity index (χ0n) is 14.6. The molecule has 1 atom stereocenters. The number of carbonyl (C=O) groups excluding carboxylic acids is 1. The summed E-state index contributed by atoms with van der Waals surface area (Å²) in [4.78, 5) is 14.6. The normalized spacial score (nSPS) is 12.1. The van der Waals surface area contributed by atoms with Crippen LogP contribution in [0, 0.1) is 0 Å². The Kier molecular flexibility index (Phi) is 9.37. The molecule has 0 unspecified atom stereocenters. The highest BCUT2D eigenvalue weighted by atomic mass is 16.3. The number of carbonyl (C=O) groups is 1. The van der Waals surface area contributed by atoms with Gasteiger partial charge in [0.2, 0.25) is 5.91 Å². The van der Waals surface area contributed by atoms with Gasteiger partial charge in [-0.3, -0.25) is 4.79 Å². The molecule has 0 saturated heterocycles. The number of aromatic hydroxyl groups is 1. The molecule has 1 aromatic carbocycles. The Bertz CT molecular complexity index is 435. The first kappa shape index (κ1) is 19.5. The Morgan fingerprint density at radius 3 is 2.04 bits per heavy atom. The standard InChI is InChI=1S/C19H32N2O2/c1-3-5-7-13-21(14-8-6-4-2)19(23)18(20)15-16-9-11-17(22)12-10-16/h9-12,18,22H,3-8,13-15,20H2,1-2H3/t18-/m1/s1. The second kappa shape index (κ2) is 11.1. The van der Waals surface area contributed by atoms with E-state index in [4.69, 9.17) is 5.73 Å². The molecule has 0 bridgehead atoms. The predicted molar refractivity (Wildman–Crippen MR) is 95.4 cm³/mol. The lowest BCUT2D eigenvalue weighted by Crippen LogP contribution is -2.45. The fourth-order valence-corrected chi connectivity index (χ4v) is 2.65. The summed E-state index contributed by atoms with van der Waals surface area (Å²) >= 11 is 0. The zero-order chi connectivity index (χ0) is 17.1. The second-order valence-corrected chi connectivity index (χ2v) is 6.22. The maximum absolute atomic E-state index is 12.7. The maximum atomic E-state index is 12.7. The van der Waals surface area contributed by atoms with Gasteiger partial charge in [0, 0.05) is 13.1 Å². The number of nitrogens with zero attached hydrogens (tertiary/aromatic N) is 1. The molecule has 4 heteroatoms. The molecule has 3 N–H and O–H groups in total. The summed E-state index contributed by atoms with van der Waals surface area (Å²) < 4.78 is 0. The van der Waals surface area contributed by atoms with E-state index < -0.39 is 6.04 Å². The summed E-state index contributed by atoms with van der Waals surface area (Å²) in [7, 11) is 0. The van der Waals surface area contributed by atoms with Crippen molar-refractivity contribution in [3.8, 4) is 5.75 Å². The fraction of sp³-hybridized carbons (Fsp3) is 0.632. The number of benzene rings is 1. The number of nitrogens with two attached hydrogens (primary N) is 1. The molecule has 130 valence electrons. The molecule has 23 heavy (non-hydrogen) atoms. The topological polar surface area (TPSA) is 66.6 Å². The molecule has 4 nitrogen and oxygen atoms in total. The van der Waals surface area contributed by atoms with Gasteiger partial charge in [0.05, 0.1) is 6.04 Å². The first-order valence-electron chi connectivity index (χ1n) is 8.90. The van der Waals surface area contributed by atoms with Gasteiger partial charge in [0.1, 0.15) is 5.75 Å². The van der Waals surface area contributed by atoms with Crippen LogP contribution in [0.15, 0.2) is 24.3 Å². The minimum Gasteiger partial charge on any atom is -0.508 e. The molecule has 0 fully saturated rings. The number of phenols is 1. The van der Waals surface area contributed by atoms with Crippen LogP contribution in [-0.4, -0.2) is 35.0 Å². The first-order chi connectivity index (χ1) is 11.1. The van der Waals surface area contributed by atoms with Crippen LogP contribution in [0.1, 0.15) is 57.9 Å². The van der Waals surface area contributed by atoms with Crippen LogP contribution < -0.4 is 5.73 Å². The number of unbranched alkanes of at least 4 members (excludes halogenated alkanes) is 4. The van der Waals surface area contributed by atoms with Gasteiger partial charge in [-0.05, 0) is 37.0 Å². The lowest BCUT2D eigenvalue weighted by Gasteiger charge is -2.26. The monoisotopic (exact) mass is 320 g/mol. The summed E-state index contributed by atoms with van der Waals surface area (Å²) in [6, 6.07) is 6.39. The van der Waals surface area contributed by atoms with Crippen molar-refractivity contribution < 1.29 is 9.90 Å². The second-order valence-electron chi connectivity index (χ2n) is 6.22. The van der Waals surface area contributed by atoms with Gasteiger partial charge >= 0.3 is 0 Å². The first-order valence-corrected chi connectivity index (χ1v) is 8.90. The molecule has 0 aliphatic carbocycles. The van der Waals surface area contributed by atoms with Crippen LogP contribution in [-0.2, 0) is 11.2 Å². The average Bonchev–Trinajstić information content (AvgIpc) is 2.55. The third kappa shape index (κ3) is 7.51. The number of rotatable bonds is 11. The van der Waals surface area contributed by atoms with Crippen molar-refractivity contribution in [2.75, 3.05) is 13.1 Å². The Balaban J connectivity index is 2.58. The Hall–Kier alpha value is -1.55. The number of hydrogen-bond acceptors (Lipinski definition) is 3. The smallest absolute Gasteiger partial charge is 0.239 e. The molecule has 0 heterocycles. The van der Waals surface area contributed by atoms with Crippen LogP contribution in [0.3, 0.4) is 0 Å². The number of amides is 1. The largest absolute Gasteiger partial charge is 0.508 e. The van der Waals surface area contributed by atoms with Gasteiger partial charge in [-0.25, -0.2) is 0 Å². The van der Waals surface area contributed by atoms with Crippen molar-refractivity contribution in [1.29, 1.82) is 0 Å². The Morgan fingerprint density at radius 1 is 1.04 bits per heavy atom. The van der Waals surface area contributed by atoms with Crippen LogP contribution in [0.4, 0.5) is 0 Å². The van der Waals surface area contributed by atoms with Gasteiger partial charge in [-0.15, -0.1) is 0 Å². The molecule has 1 rings (SSSR count). The SMILES string of the molecule is CCCCCN(CCCCC)C(=O)[C@H](N)Cc1ccc(O)cc1. The van der Waals surface area contributed by atoms with Gasteiger partial charge in [-0.2, -0.15) is 0 Å². The number of hydrogen-bond donors (Lipinski definition) is 2. The van der Waals surface area contributed by atoms with Crippen LogP contribution in [0.2, 0.25) is 0 Å². The summed E-state index contributed by atoms with van der Waals surface area (Å²) in [6.45, 7) is 5.94. The van der Waals surface area contributed by atoms with Crippen molar-refractivity contribution in [3.05, 3.63) is 29.8 Å². The van der Waals surface area contributed by atoms with Crippen molar-refractivity contribution in [2.45, 2.75) is 64.8 Å². The van der Waals surface area contributed by atoms with E-state index in [2.05, 4.69) is 13.8 Å². The molecule has 0 saturated carbocycles. The third-order valence-electron chi connectivity index (χ3n) is 4.08. The molecule has 0 aromatic heterocycles. The average molecular weight is 320 g/mol. The molecule has 0 aliphatic rings. The predicted octanol–water partition coefficient (Wildman–Crippen LogP) is 3.47. The molecule has 0 radical (unpaired) electrons. The molecular weight excluding hydrogens is 288 g/mol. The van der Waals surface area contributed by atoms with E-state index in [0.29, 0.717) is 6.42 Å². The minimum absolute atomic E-state index is 0.0466. The number of phenolic OH excluding ortho intramolecular Hbond substituents is 1. The van der Waals surface area contributed by atoms with Gasteiger partial charge in [0.15, 0.2) is 0 Å². The fourth-order valence-electron chi connectivity index (χ4n) is 2.65. The van der Waals surface area contributed by atoms with Gasteiger partial charge in [0.25, 0.3) is 0 Å². The Labute approximate surface area is 140 Å². The lowest BCUT2D eigenvalue weighted by molar-refractivity contribution is -0.132. The molecule has 1 amide bonds. The van der Waals surface area contributed by atoms with Crippen molar-refractivity contribution in [3.63, 3.8) is 0 Å². The minimum atomic E-state index is -0.511. The highest BCUT2D eigenvalue weighted by molar-refractivity contribution is 5.82. The highest BCUT2D eigenvalue weighted by Crippen LogP contribution is 2.12. The summed E-state index contributed by atoms with van der Waals surface area (Å²) in [5, 5.41) is 9.32. The maximum Gasteiger partial charge on any atom is 0.239 e. The molecular formula is C19H32N2O2. The van der Waals surface area contributed by atoms with E-state index in [9.17, 15) is 9.90 Å². The van der Waals surface area contributed by atoms with Gasteiger partial charge < -0.3 is 15.7 Å². The van der Waals surface area contributed by atoms with Crippen molar-refractivity contribution in [1.82, 2.24) is 4.90 Å². The third-order valence-corrected chi connectivity index (χ3v) is 4.08. The van der Waals surface area contributed by atoms with Crippen LogP contribution >= 0.6 is 0 Å². The van der Waals surface area contributed by atoms with Gasteiger partial charge in [-0.1, -0.05) is 51.7 Å². The molecule has 0 aliphatic heterocycles. The van der Waals surface area contributed by atoms with E-state index in [0.717, 1.165) is 57.2 Å². The Morgan fingerprint density at radius 2 is 1.57 bits per heavy atom. The van der Waals surface area contributed by atoms with E-state index in [-0.39, 0.29) is 11.7 Å². The summed E-state index contributed by atoms with van der Waals surface area (Å²) in [5.41, 5.74) is 7.12. The van der Waals surface area contributed by atoms with E-state index in [1.54, 1.807) is 12.1 Å². The van der Waals surface area contributed by atoms with Crippen molar-refractivity contribution >= 4 is 5.91 Å². The zero-order valence-corrected chi connectivity index (χ0v) is 14.6. The molecule has 1 aromatic rings. The summed E-state index contributed by atoms with van der Waals surface area (Å²) in [5.74, 6) is 0.277. The van der Waals surface area contributed by atoms with Crippen molar-refractivity contribution in [2.24, 2.45) is 5.73 Å². The van der Waals surface area contributed by atoms with E-state index >= 15 is 0 Å². The summed E-state index contributed by atoms with van der Waals surface area (Å²) in [6.07, 6.45) is 7.18. The van der Waals surface area contributed by atoms with Crippen LogP contribution in [0.25, 0.3) is 0 Å². The van der Waals surface area contributed by atoms with E-state index in [1.165, 1.54) is 0 Å². The highest BCUT2D eigenvalue weighted by Gasteiger charge is 2.20. The molecule has 0 spiro atoms. The quantitative estimate of drug-likeness (QED) is 0.614.